The molecule has 0 amide bonds. The van der Waals surface area contributed by atoms with Crippen molar-refractivity contribution in [3.8, 4) is 0 Å². The van der Waals surface area contributed by atoms with Gasteiger partial charge in [0.05, 0.1) is 17.5 Å². The Kier molecular flexibility index (Phi) is 4.13. The van der Waals surface area contributed by atoms with Crippen LogP contribution in [0.15, 0.2) is 10.9 Å². The highest BCUT2D eigenvalue weighted by molar-refractivity contribution is 7.88. The van der Waals surface area contributed by atoms with E-state index in [1.807, 2.05) is 10.9 Å². The molecule has 2 heterocycles. The summed E-state index contributed by atoms with van der Waals surface area (Å²) in [5.74, 6) is 0. The first-order valence-corrected chi connectivity index (χ1v) is 8.40. The van der Waals surface area contributed by atoms with E-state index >= 15 is 0 Å². The van der Waals surface area contributed by atoms with Crippen LogP contribution in [0.5, 0.6) is 0 Å². The fourth-order valence-corrected chi connectivity index (χ4v) is 3.40. The normalized spacial score (nSPS) is 19.6. The Morgan fingerprint density at radius 3 is 2.76 bits per heavy atom. The van der Waals surface area contributed by atoms with Gasteiger partial charge in [-0.2, -0.15) is 0 Å². The summed E-state index contributed by atoms with van der Waals surface area (Å²) in [5.41, 5.74) is 2.88. The molecular weight excluding hydrogens is 258 g/mol. The van der Waals surface area contributed by atoms with Crippen molar-refractivity contribution in [1.29, 1.82) is 0 Å². The van der Waals surface area contributed by atoms with Crippen molar-refractivity contribution < 1.29 is 8.42 Å². The van der Waals surface area contributed by atoms with Crippen molar-refractivity contribution in [2.75, 3.05) is 19.3 Å². The van der Waals surface area contributed by atoms with E-state index in [2.05, 4.69) is 10.3 Å². The van der Waals surface area contributed by atoms with Gasteiger partial charge in [0.2, 0.25) is 10.0 Å². The second-order valence-corrected chi connectivity index (χ2v) is 7.00. The van der Waals surface area contributed by atoms with Crippen LogP contribution in [-0.2, 0) is 16.6 Å². The van der Waals surface area contributed by atoms with Crippen LogP contribution >= 0.6 is 11.3 Å². The Hall–Kier alpha value is -0.500. The fraction of sp³-hybridized carbons (Fsp3) is 0.700. The SMILES string of the molecule is CS(=O)(=O)N1CCC(NCc2cscn2)CC1. The number of sulfonamides is 1. The number of hydrogen-bond acceptors (Lipinski definition) is 5. The Morgan fingerprint density at radius 1 is 1.53 bits per heavy atom. The van der Waals surface area contributed by atoms with Gasteiger partial charge in [0.25, 0.3) is 0 Å². The zero-order valence-electron chi connectivity index (χ0n) is 9.80. The van der Waals surface area contributed by atoms with Crippen molar-refractivity contribution >= 4 is 21.4 Å². The van der Waals surface area contributed by atoms with E-state index in [4.69, 9.17) is 0 Å². The maximum Gasteiger partial charge on any atom is 0.211 e. The summed E-state index contributed by atoms with van der Waals surface area (Å²) in [6.45, 7) is 2.01. The molecule has 1 aromatic heterocycles. The van der Waals surface area contributed by atoms with Gasteiger partial charge in [0.1, 0.15) is 0 Å². The van der Waals surface area contributed by atoms with Crippen LogP contribution in [0.3, 0.4) is 0 Å². The van der Waals surface area contributed by atoms with Crippen molar-refractivity contribution in [3.05, 3.63) is 16.6 Å². The maximum absolute atomic E-state index is 11.3. The van der Waals surface area contributed by atoms with Crippen molar-refractivity contribution in [1.82, 2.24) is 14.6 Å². The molecule has 7 heteroatoms. The van der Waals surface area contributed by atoms with Crippen molar-refractivity contribution in [2.24, 2.45) is 0 Å². The Morgan fingerprint density at radius 2 is 2.24 bits per heavy atom. The minimum atomic E-state index is -3.01. The van der Waals surface area contributed by atoms with Crippen LogP contribution in [0.25, 0.3) is 0 Å². The van der Waals surface area contributed by atoms with Crippen molar-refractivity contribution in [2.45, 2.75) is 25.4 Å². The molecule has 0 radical (unpaired) electrons. The summed E-state index contributed by atoms with van der Waals surface area (Å²) in [6.07, 6.45) is 3.02. The van der Waals surface area contributed by atoms with E-state index in [-0.39, 0.29) is 0 Å². The quantitative estimate of drug-likeness (QED) is 0.877. The van der Waals surface area contributed by atoms with E-state index < -0.39 is 10.0 Å². The van der Waals surface area contributed by atoms with Gasteiger partial charge in [-0.1, -0.05) is 0 Å². The molecule has 1 fully saturated rings. The molecule has 1 N–H and O–H groups in total. The summed E-state index contributed by atoms with van der Waals surface area (Å²) in [5, 5.41) is 5.45. The first-order chi connectivity index (χ1) is 8.05. The maximum atomic E-state index is 11.3. The minimum absolute atomic E-state index is 0.398. The Balaban J connectivity index is 1.76. The van der Waals surface area contributed by atoms with Gasteiger partial charge in [-0.15, -0.1) is 11.3 Å². The van der Waals surface area contributed by atoms with Gasteiger partial charge in [0.15, 0.2) is 0 Å². The van der Waals surface area contributed by atoms with E-state index in [0.29, 0.717) is 19.1 Å². The van der Waals surface area contributed by atoms with Gasteiger partial charge >= 0.3 is 0 Å². The third-order valence-electron chi connectivity index (χ3n) is 2.98. The van der Waals surface area contributed by atoms with E-state index in [0.717, 1.165) is 25.1 Å². The molecule has 17 heavy (non-hydrogen) atoms. The lowest BCUT2D eigenvalue weighted by molar-refractivity contribution is 0.289. The molecule has 2 rings (SSSR count). The predicted molar refractivity (Wildman–Crippen MR) is 68.4 cm³/mol. The molecule has 0 aromatic carbocycles. The zero-order chi connectivity index (χ0) is 12.3. The van der Waals surface area contributed by atoms with Crippen molar-refractivity contribution in [3.63, 3.8) is 0 Å². The summed E-state index contributed by atoms with van der Waals surface area (Å²) in [6, 6.07) is 0.398. The number of rotatable bonds is 4. The highest BCUT2D eigenvalue weighted by Gasteiger charge is 2.24. The van der Waals surface area contributed by atoms with E-state index in [1.54, 1.807) is 15.6 Å². The Labute approximate surface area is 106 Å². The standard InChI is InChI=1S/C10H17N3O2S2/c1-17(14,15)13-4-2-9(3-5-13)11-6-10-7-16-8-12-10/h7-9,11H,2-6H2,1H3. The van der Waals surface area contributed by atoms with E-state index in [9.17, 15) is 8.42 Å². The van der Waals surface area contributed by atoms with Crippen LogP contribution in [0.1, 0.15) is 18.5 Å². The van der Waals surface area contributed by atoms with E-state index in [1.165, 1.54) is 6.26 Å². The summed E-state index contributed by atoms with van der Waals surface area (Å²) in [7, 11) is -3.01. The number of piperidine rings is 1. The second-order valence-electron chi connectivity index (χ2n) is 4.30. The lowest BCUT2D eigenvalue weighted by atomic mass is 10.1. The molecule has 0 atom stereocenters. The molecule has 96 valence electrons. The molecule has 0 aliphatic carbocycles. The van der Waals surface area contributed by atoms with Gasteiger partial charge in [0, 0.05) is 31.1 Å². The summed E-state index contributed by atoms with van der Waals surface area (Å²) in [4.78, 5) is 4.20. The molecule has 1 saturated heterocycles. The lowest BCUT2D eigenvalue weighted by Gasteiger charge is -2.30. The number of thiazole rings is 1. The first kappa shape index (κ1) is 12.9. The first-order valence-electron chi connectivity index (χ1n) is 5.61. The summed E-state index contributed by atoms with van der Waals surface area (Å²) >= 11 is 1.59. The Bertz CT molecular complexity index is 436. The topological polar surface area (TPSA) is 62.3 Å². The second kappa shape index (κ2) is 5.43. The molecular formula is C10H17N3O2S2. The summed E-state index contributed by atoms with van der Waals surface area (Å²) < 4.78 is 24.2. The third-order valence-corrected chi connectivity index (χ3v) is 4.92. The molecule has 1 aliphatic rings. The van der Waals surface area contributed by atoms with Crippen LogP contribution in [0, 0.1) is 0 Å². The van der Waals surface area contributed by atoms with Gasteiger partial charge in [-0.05, 0) is 12.8 Å². The number of aromatic nitrogens is 1. The molecule has 0 unspecified atom stereocenters. The molecule has 1 aliphatic heterocycles. The minimum Gasteiger partial charge on any atom is -0.308 e. The molecule has 0 saturated carbocycles. The molecule has 0 spiro atoms. The third kappa shape index (κ3) is 3.74. The monoisotopic (exact) mass is 275 g/mol. The average Bonchev–Trinajstić information content (AvgIpc) is 2.78. The number of hydrogen-bond donors (Lipinski definition) is 1. The zero-order valence-corrected chi connectivity index (χ0v) is 11.4. The number of nitrogens with one attached hydrogen (secondary N) is 1. The highest BCUT2D eigenvalue weighted by Crippen LogP contribution is 2.13. The smallest absolute Gasteiger partial charge is 0.211 e. The molecule has 1 aromatic rings. The van der Waals surface area contributed by atoms with Crippen LogP contribution in [-0.4, -0.2) is 43.1 Å². The van der Waals surface area contributed by atoms with Gasteiger partial charge < -0.3 is 5.32 Å². The number of nitrogens with zero attached hydrogens (tertiary/aromatic N) is 2. The van der Waals surface area contributed by atoms with Crippen LogP contribution in [0.4, 0.5) is 0 Å². The average molecular weight is 275 g/mol. The fourth-order valence-electron chi connectivity index (χ4n) is 1.97. The van der Waals surface area contributed by atoms with Crippen LogP contribution < -0.4 is 5.32 Å². The molecule has 5 nitrogen and oxygen atoms in total. The van der Waals surface area contributed by atoms with Gasteiger partial charge in [-0.3, -0.25) is 0 Å². The van der Waals surface area contributed by atoms with Gasteiger partial charge in [-0.25, -0.2) is 17.7 Å². The largest absolute Gasteiger partial charge is 0.308 e. The predicted octanol–water partition coefficient (Wildman–Crippen LogP) is 0.657. The lowest BCUT2D eigenvalue weighted by Crippen LogP contribution is -2.44. The highest BCUT2D eigenvalue weighted by atomic mass is 32.2. The molecule has 0 bridgehead atoms. The van der Waals surface area contributed by atoms with Crippen LogP contribution in [0.2, 0.25) is 0 Å².